The molecular formula is C19H23N5O2. The van der Waals surface area contributed by atoms with Crippen LogP contribution in [0.1, 0.15) is 5.56 Å². The number of allylic oxidation sites excluding steroid dienone is 3. The molecule has 2 heterocycles. The lowest BCUT2D eigenvalue weighted by atomic mass is 10.1. The summed E-state index contributed by atoms with van der Waals surface area (Å²) in [5, 5.41) is 10.7. The maximum absolute atomic E-state index is 12.8. The second-order valence-electron chi connectivity index (χ2n) is 6.05. The van der Waals surface area contributed by atoms with Gasteiger partial charge in [-0.15, -0.1) is 0 Å². The van der Waals surface area contributed by atoms with Crippen molar-refractivity contribution in [3.63, 3.8) is 0 Å². The van der Waals surface area contributed by atoms with Crippen molar-refractivity contribution in [2.45, 2.75) is 6.04 Å². The molecule has 2 aliphatic heterocycles. The van der Waals surface area contributed by atoms with Crippen LogP contribution in [0.5, 0.6) is 5.75 Å². The van der Waals surface area contributed by atoms with Gasteiger partial charge in [0.1, 0.15) is 5.75 Å². The van der Waals surface area contributed by atoms with Gasteiger partial charge in [0, 0.05) is 54.9 Å². The number of ether oxygens (including phenoxy) is 1. The summed E-state index contributed by atoms with van der Waals surface area (Å²) in [5.74, 6) is 0.580. The molecule has 0 aromatic heterocycles. The third-order valence-electron chi connectivity index (χ3n) is 4.52. The van der Waals surface area contributed by atoms with Gasteiger partial charge in [0.15, 0.2) is 0 Å². The Labute approximate surface area is 152 Å². The van der Waals surface area contributed by atoms with Gasteiger partial charge in [0.2, 0.25) is 0 Å². The van der Waals surface area contributed by atoms with Crippen LogP contribution in [0.2, 0.25) is 0 Å². The summed E-state index contributed by atoms with van der Waals surface area (Å²) in [6.45, 7) is 1.92. The van der Waals surface area contributed by atoms with E-state index in [1.165, 1.54) is 12.4 Å². The van der Waals surface area contributed by atoms with E-state index in [2.05, 4.69) is 5.32 Å². The van der Waals surface area contributed by atoms with Crippen molar-refractivity contribution in [1.29, 1.82) is 5.41 Å². The molecule has 1 aromatic rings. The average Bonchev–Trinajstić information content (AvgIpc) is 3.04. The minimum absolute atomic E-state index is 0.0220. The summed E-state index contributed by atoms with van der Waals surface area (Å²) in [6, 6.07) is 5.60. The monoisotopic (exact) mass is 353 g/mol. The predicted octanol–water partition coefficient (Wildman–Crippen LogP) is 1.93. The molecule has 7 heteroatoms. The van der Waals surface area contributed by atoms with Gasteiger partial charge in [-0.25, -0.2) is 4.79 Å². The van der Waals surface area contributed by atoms with Gasteiger partial charge in [0.05, 0.1) is 13.2 Å². The highest BCUT2D eigenvalue weighted by atomic mass is 16.5. The number of rotatable bonds is 6. The van der Waals surface area contributed by atoms with Crippen molar-refractivity contribution < 1.29 is 9.53 Å². The molecule has 0 spiro atoms. The Kier molecular flexibility index (Phi) is 5.26. The SMILES string of the molecule is COc1cc(N2CCN(CC3C=CC=CN3)C2=O)ccc1/C(C=N)=C/N. The highest BCUT2D eigenvalue weighted by molar-refractivity contribution is 6.09. The third-order valence-corrected chi connectivity index (χ3v) is 4.52. The minimum Gasteiger partial charge on any atom is -0.496 e. The Balaban J connectivity index is 1.77. The lowest BCUT2D eigenvalue weighted by Crippen LogP contribution is -2.41. The van der Waals surface area contributed by atoms with Crippen molar-refractivity contribution in [2.24, 2.45) is 5.73 Å². The number of dihydropyridines is 1. The van der Waals surface area contributed by atoms with Gasteiger partial charge in [-0.2, -0.15) is 0 Å². The highest BCUT2D eigenvalue weighted by Crippen LogP contribution is 2.31. The molecule has 1 unspecified atom stereocenters. The number of methoxy groups -OCH3 is 1. The van der Waals surface area contributed by atoms with E-state index < -0.39 is 0 Å². The number of benzene rings is 1. The third kappa shape index (κ3) is 3.42. The van der Waals surface area contributed by atoms with E-state index in [1.807, 2.05) is 47.5 Å². The first-order chi connectivity index (χ1) is 12.7. The molecule has 3 rings (SSSR count). The number of anilines is 1. The van der Waals surface area contributed by atoms with E-state index in [1.54, 1.807) is 12.0 Å². The Bertz CT molecular complexity index is 784. The van der Waals surface area contributed by atoms with E-state index >= 15 is 0 Å². The zero-order valence-electron chi connectivity index (χ0n) is 14.7. The number of nitrogens with zero attached hydrogens (tertiary/aromatic N) is 2. The van der Waals surface area contributed by atoms with Crippen LogP contribution in [0.15, 0.2) is 48.8 Å². The normalized spacial score (nSPS) is 19.7. The summed E-state index contributed by atoms with van der Waals surface area (Å²) < 4.78 is 5.44. The molecule has 7 nitrogen and oxygen atoms in total. The van der Waals surface area contributed by atoms with Crippen LogP contribution in [-0.2, 0) is 0 Å². The van der Waals surface area contributed by atoms with Crippen LogP contribution >= 0.6 is 0 Å². The van der Waals surface area contributed by atoms with Gasteiger partial charge >= 0.3 is 6.03 Å². The molecule has 2 aliphatic rings. The van der Waals surface area contributed by atoms with E-state index in [0.29, 0.717) is 31.0 Å². The molecule has 136 valence electrons. The van der Waals surface area contributed by atoms with Crippen molar-refractivity contribution in [3.05, 3.63) is 54.4 Å². The fourth-order valence-electron chi connectivity index (χ4n) is 3.13. The topological polar surface area (TPSA) is 94.7 Å². The van der Waals surface area contributed by atoms with Crippen LogP contribution in [0.3, 0.4) is 0 Å². The number of amides is 2. The first-order valence-corrected chi connectivity index (χ1v) is 8.44. The lowest BCUT2D eigenvalue weighted by Gasteiger charge is -2.24. The van der Waals surface area contributed by atoms with Crippen molar-refractivity contribution in [2.75, 3.05) is 31.6 Å². The van der Waals surface area contributed by atoms with Gasteiger partial charge in [0.25, 0.3) is 0 Å². The van der Waals surface area contributed by atoms with Crippen molar-refractivity contribution in [3.8, 4) is 5.75 Å². The van der Waals surface area contributed by atoms with Crippen LogP contribution in [0.4, 0.5) is 10.5 Å². The maximum Gasteiger partial charge on any atom is 0.324 e. The van der Waals surface area contributed by atoms with E-state index in [-0.39, 0.29) is 12.1 Å². The smallest absolute Gasteiger partial charge is 0.324 e. The van der Waals surface area contributed by atoms with Gasteiger partial charge in [-0.1, -0.05) is 12.2 Å². The Morgan fingerprint density at radius 2 is 2.27 bits per heavy atom. The maximum atomic E-state index is 12.8. The molecule has 2 amide bonds. The minimum atomic E-state index is -0.0220. The standard InChI is InChI=1S/C19H23N5O2/c1-26-18-10-16(5-6-17(18)14(11-20)12-21)24-9-8-23(19(24)25)13-15-4-2-3-7-22-15/h2-7,10-12,15,20,22H,8-9,13,21H2,1H3/b14-12+,20-11?. The summed E-state index contributed by atoms with van der Waals surface area (Å²) >= 11 is 0. The second kappa shape index (κ2) is 7.77. The lowest BCUT2D eigenvalue weighted by molar-refractivity contribution is 0.218. The summed E-state index contributed by atoms with van der Waals surface area (Å²) in [5.41, 5.74) is 7.63. The van der Waals surface area contributed by atoms with Crippen LogP contribution < -0.4 is 20.7 Å². The zero-order chi connectivity index (χ0) is 18.5. The Hall–Kier alpha value is -3.22. The zero-order valence-corrected chi connectivity index (χ0v) is 14.7. The first kappa shape index (κ1) is 17.6. The number of hydrogen-bond acceptors (Lipinski definition) is 5. The van der Waals surface area contributed by atoms with Crippen LogP contribution in [0.25, 0.3) is 5.57 Å². The van der Waals surface area contributed by atoms with E-state index in [0.717, 1.165) is 11.3 Å². The number of nitrogens with one attached hydrogen (secondary N) is 2. The largest absolute Gasteiger partial charge is 0.496 e. The summed E-state index contributed by atoms with van der Waals surface area (Å²) in [6.07, 6.45) is 10.4. The quantitative estimate of drug-likeness (QED) is 0.681. The van der Waals surface area contributed by atoms with Crippen molar-refractivity contribution >= 4 is 23.5 Å². The van der Waals surface area contributed by atoms with Crippen LogP contribution in [0, 0.1) is 5.41 Å². The number of carbonyl (C=O) groups is 1. The molecule has 1 aromatic carbocycles. The van der Waals surface area contributed by atoms with Crippen LogP contribution in [-0.4, -0.2) is 49.9 Å². The fourth-order valence-corrected chi connectivity index (χ4v) is 3.13. The Morgan fingerprint density at radius 1 is 1.42 bits per heavy atom. The van der Waals surface area contributed by atoms with Crippen molar-refractivity contribution in [1.82, 2.24) is 10.2 Å². The molecule has 1 atom stereocenters. The second-order valence-corrected chi connectivity index (χ2v) is 6.05. The molecule has 0 bridgehead atoms. The van der Waals surface area contributed by atoms with Gasteiger partial charge in [-0.3, -0.25) is 4.90 Å². The summed E-state index contributed by atoms with van der Waals surface area (Å²) in [4.78, 5) is 16.4. The Morgan fingerprint density at radius 3 is 2.92 bits per heavy atom. The van der Waals surface area contributed by atoms with E-state index in [4.69, 9.17) is 15.9 Å². The molecule has 0 radical (unpaired) electrons. The highest BCUT2D eigenvalue weighted by Gasteiger charge is 2.31. The number of urea groups is 1. The van der Waals surface area contributed by atoms with E-state index in [9.17, 15) is 4.79 Å². The number of carbonyl (C=O) groups excluding carboxylic acids is 1. The molecule has 4 N–H and O–H groups in total. The molecule has 0 saturated carbocycles. The number of hydrogen-bond donors (Lipinski definition) is 3. The molecule has 26 heavy (non-hydrogen) atoms. The fraction of sp³-hybridized carbons (Fsp3) is 0.263. The average molecular weight is 353 g/mol. The molecule has 0 aliphatic carbocycles. The summed E-state index contributed by atoms with van der Waals surface area (Å²) in [7, 11) is 1.56. The molecule has 1 saturated heterocycles. The van der Waals surface area contributed by atoms with Gasteiger partial charge in [-0.05, 0) is 24.4 Å². The predicted molar refractivity (Wildman–Crippen MR) is 103 cm³/mol. The molecule has 1 fully saturated rings. The molecular weight excluding hydrogens is 330 g/mol. The van der Waals surface area contributed by atoms with Gasteiger partial charge < -0.3 is 26.1 Å². The number of nitrogens with two attached hydrogens (primary N) is 1. The first-order valence-electron chi connectivity index (χ1n) is 8.44.